The molecule has 2 aromatic carbocycles. The standard InChI is InChI=1S/C28H30Cl4N4/c29-13-17-35(18-14-30)27-9-3-23(4-10-27)1-7-25-21-26(34-22-33-25)8-2-24-5-11-28(12-6-24)36(19-15-31)20-16-32/h1-12,21-22H,13-20H2/b7-1+,8-2+. The molecule has 0 amide bonds. The Morgan fingerprint density at radius 3 is 1.22 bits per heavy atom. The third-order valence-electron chi connectivity index (χ3n) is 5.54. The Kier molecular flexibility index (Phi) is 12.4. The number of hydrogen-bond donors (Lipinski definition) is 0. The van der Waals surface area contributed by atoms with Gasteiger partial charge in [0.05, 0.1) is 11.4 Å². The average molecular weight is 564 g/mol. The van der Waals surface area contributed by atoms with Crippen LogP contribution in [0.4, 0.5) is 11.4 Å². The second-order valence-corrected chi connectivity index (χ2v) is 9.46. The molecule has 0 saturated heterocycles. The van der Waals surface area contributed by atoms with Crippen molar-refractivity contribution in [3.63, 3.8) is 0 Å². The Morgan fingerprint density at radius 1 is 0.528 bits per heavy atom. The molecular formula is C28H30Cl4N4. The molecule has 0 aliphatic heterocycles. The second-order valence-electron chi connectivity index (χ2n) is 7.95. The molecule has 1 aromatic heterocycles. The van der Waals surface area contributed by atoms with Crippen molar-refractivity contribution in [3.8, 4) is 0 Å². The maximum atomic E-state index is 5.92. The lowest BCUT2D eigenvalue weighted by molar-refractivity contribution is 0.874. The molecule has 0 aliphatic rings. The van der Waals surface area contributed by atoms with E-state index in [-0.39, 0.29) is 0 Å². The van der Waals surface area contributed by atoms with Gasteiger partial charge in [-0.2, -0.15) is 0 Å². The molecular weight excluding hydrogens is 534 g/mol. The molecule has 0 fully saturated rings. The molecule has 3 aromatic rings. The summed E-state index contributed by atoms with van der Waals surface area (Å²) < 4.78 is 0. The van der Waals surface area contributed by atoms with Gasteiger partial charge in [0.25, 0.3) is 0 Å². The number of anilines is 2. The van der Waals surface area contributed by atoms with E-state index in [1.807, 2.05) is 30.4 Å². The van der Waals surface area contributed by atoms with Crippen molar-refractivity contribution in [3.05, 3.63) is 83.4 Å². The van der Waals surface area contributed by atoms with Crippen molar-refractivity contribution >= 4 is 82.1 Å². The van der Waals surface area contributed by atoms with E-state index < -0.39 is 0 Å². The molecule has 8 heteroatoms. The first-order chi connectivity index (χ1) is 17.7. The lowest BCUT2D eigenvalue weighted by atomic mass is 10.1. The first-order valence-electron chi connectivity index (χ1n) is 11.8. The van der Waals surface area contributed by atoms with E-state index in [4.69, 9.17) is 46.4 Å². The van der Waals surface area contributed by atoms with Crippen molar-refractivity contribution in [2.75, 3.05) is 59.5 Å². The van der Waals surface area contributed by atoms with Gasteiger partial charge < -0.3 is 9.80 Å². The summed E-state index contributed by atoms with van der Waals surface area (Å²) in [5.74, 6) is 2.26. The zero-order valence-electron chi connectivity index (χ0n) is 20.0. The van der Waals surface area contributed by atoms with Crippen LogP contribution in [-0.4, -0.2) is 59.7 Å². The van der Waals surface area contributed by atoms with E-state index in [1.54, 1.807) is 6.33 Å². The Hall–Kier alpha value is -2.24. The number of halogens is 4. The van der Waals surface area contributed by atoms with Crippen LogP contribution in [0.1, 0.15) is 22.5 Å². The van der Waals surface area contributed by atoms with Crippen LogP contribution in [0.5, 0.6) is 0 Å². The predicted molar refractivity (Wildman–Crippen MR) is 160 cm³/mol. The van der Waals surface area contributed by atoms with Gasteiger partial charge in [-0.1, -0.05) is 36.4 Å². The summed E-state index contributed by atoms with van der Waals surface area (Å²) in [6.07, 6.45) is 9.64. The fourth-order valence-corrected chi connectivity index (χ4v) is 4.49. The smallest absolute Gasteiger partial charge is 0.116 e. The maximum absolute atomic E-state index is 5.92. The Bertz CT molecular complexity index is 1000. The zero-order valence-corrected chi connectivity index (χ0v) is 23.1. The molecule has 3 rings (SSSR count). The Labute approximate surface area is 234 Å². The zero-order chi connectivity index (χ0) is 25.6. The van der Waals surface area contributed by atoms with Gasteiger partial charge in [-0.05, 0) is 53.6 Å². The maximum Gasteiger partial charge on any atom is 0.116 e. The molecule has 0 bridgehead atoms. The van der Waals surface area contributed by atoms with Crippen LogP contribution in [0, 0.1) is 0 Å². The van der Waals surface area contributed by atoms with Crippen molar-refractivity contribution in [1.82, 2.24) is 9.97 Å². The summed E-state index contributed by atoms with van der Waals surface area (Å²) in [7, 11) is 0. The van der Waals surface area contributed by atoms with Crippen molar-refractivity contribution in [2.24, 2.45) is 0 Å². The predicted octanol–water partition coefficient (Wildman–Crippen LogP) is 7.39. The summed E-state index contributed by atoms with van der Waals surface area (Å²) in [6, 6.07) is 18.6. The third-order valence-corrected chi connectivity index (χ3v) is 6.21. The van der Waals surface area contributed by atoms with E-state index in [0.717, 1.165) is 60.1 Å². The number of rotatable bonds is 14. The number of hydrogen-bond acceptors (Lipinski definition) is 4. The third kappa shape index (κ3) is 9.01. The minimum Gasteiger partial charge on any atom is -0.369 e. The van der Waals surface area contributed by atoms with Crippen LogP contribution in [0.25, 0.3) is 24.3 Å². The molecule has 0 radical (unpaired) electrons. The Balaban J connectivity index is 1.64. The van der Waals surface area contributed by atoms with Crippen molar-refractivity contribution < 1.29 is 0 Å². The van der Waals surface area contributed by atoms with Gasteiger partial charge in [0.1, 0.15) is 6.33 Å². The molecule has 190 valence electrons. The van der Waals surface area contributed by atoms with Crippen LogP contribution in [0.3, 0.4) is 0 Å². The minimum absolute atomic E-state index is 0.566. The van der Waals surface area contributed by atoms with E-state index in [1.165, 1.54) is 0 Å². The molecule has 0 saturated carbocycles. The van der Waals surface area contributed by atoms with Gasteiger partial charge in [0.15, 0.2) is 0 Å². The van der Waals surface area contributed by atoms with Gasteiger partial charge in [-0.25, -0.2) is 9.97 Å². The number of benzene rings is 2. The van der Waals surface area contributed by atoms with Gasteiger partial charge in [-0.15, -0.1) is 46.4 Å². The number of alkyl halides is 4. The largest absolute Gasteiger partial charge is 0.369 e. The Morgan fingerprint density at radius 2 is 0.889 bits per heavy atom. The summed E-state index contributed by atoms with van der Waals surface area (Å²) in [5.41, 5.74) is 6.08. The monoisotopic (exact) mass is 562 g/mol. The van der Waals surface area contributed by atoms with Gasteiger partial charge in [0.2, 0.25) is 0 Å². The number of aromatic nitrogens is 2. The summed E-state index contributed by atoms with van der Waals surface area (Å²) in [6.45, 7) is 3.08. The van der Waals surface area contributed by atoms with E-state index >= 15 is 0 Å². The molecule has 0 N–H and O–H groups in total. The topological polar surface area (TPSA) is 32.3 Å². The lowest BCUT2D eigenvalue weighted by Gasteiger charge is -2.22. The van der Waals surface area contributed by atoms with Gasteiger partial charge in [-0.3, -0.25) is 0 Å². The quantitative estimate of drug-likeness (QED) is 0.191. The van der Waals surface area contributed by atoms with Gasteiger partial charge >= 0.3 is 0 Å². The van der Waals surface area contributed by atoms with Crippen LogP contribution >= 0.6 is 46.4 Å². The van der Waals surface area contributed by atoms with E-state index in [0.29, 0.717) is 23.5 Å². The fourth-order valence-electron chi connectivity index (χ4n) is 3.67. The molecule has 0 spiro atoms. The van der Waals surface area contributed by atoms with E-state index in [9.17, 15) is 0 Å². The first-order valence-corrected chi connectivity index (χ1v) is 13.9. The number of nitrogens with zero attached hydrogens (tertiary/aromatic N) is 4. The average Bonchev–Trinajstić information content (AvgIpc) is 2.91. The normalized spacial score (nSPS) is 11.4. The van der Waals surface area contributed by atoms with Crippen LogP contribution < -0.4 is 9.80 Å². The minimum atomic E-state index is 0.566. The second kappa shape index (κ2) is 15.8. The molecule has 4 nitrogen and oxygen atoms in total. The molecule has 36 heavy (non-hydrogen) atoms. The highest BCUT2D eigenvalue weighted by Crippen LogP contribution is 2.19. The van der Waals surface area contributed by atoms with Crippen molar-refractivity contribution in [2.45, 2.75) is 0 Å². The fraction of sp³-hybridized carbons (Fsp3) is 0.286. The van der Waals surface area contributed by atoms with Gasteiger partial charge in [0, 0.05) is 61.1 Å². The highest BCUT2D eigenvalue weighted by Gasteiger charge is 2.06. The highest BCUT2D eigenvalue weighted by atomic mass is 35.5. The summed E-state index contributed by atoms with van der Waals surface area (Å²) in [4.78, 5) is 13.1. The molecule has 0 atom stereocenters. The molecule has 1 heterocycles. The highest BCUT2D eigenvalue weighted by molar-refractivity contribution is 6.19. The van der Waals surface area contributed by atoms with E-state index in [2.05, 4.69) is 68.3 Å². The first kappa shape index (κ1) is 28.3. The summed E-state index contributed by atoms with van der Waals surface area (Å²) >= 11 is 23.7. The molecule has 0 aliphatic carbocycles. The summed E-state index contributed by atoms with van der Waals surface area (Å²) in [5, 5.41) is 0. The lowest BCUT2D eigenvalue weighted by Crippen LogP contribution is -2.27. The van der Waals surface area contributed by atoms with Crippen LogP contribution in [0.15, 0.2) is 60.9 Å². The van der Waals surface area contributed by atoms with Crippen molar-refractivity contribution in [1.29, 1.82) is 0 Å². The SMILES string of the molecule is ClCCN(CCCl)c1ccc(/C=C/c2cc(/C=C/c3ccc(N(CCCl)CCCl)cc3)ncn2)cc1. The molecule has 0 unspecified atom stereocenters. The van der Waals surface area contributed by atoms with Crippen LogP contribution in [-0.2, 0) is 0 Å². The van der Waals surface area contributed by atoms with Crippen LogP contribution in [0.2, 0.25) is 0 Å².